The van der Waals surface area contributed by atoms with Gasteiger partial charge in [0.1, 0.15) is 0 Å². The SMILES string of the molecule is N#Cc1cccc(CNc2cccc3[nH]ncc23)c1. The maximum atomic E-state index is 8.88. The van der Waals surface area contributed by atoms with E-state index in [4.69, 9.17) is 5.26 Å². The molecule has 0 spiro atoms. The van der Waals surface area contributed by atoms with Gasteiger partial charge in [0.2, 0.25) is 0 Å². The van der Waals surface area contributed by atoms with Crippen molar-refractivity contribution in [1.82, 2.24) is 10.2 Å². The molecule has 0 saturated heterocycles. The summed E-state index contributed by atoms with van der Waals surface area (Å²) in [6.45, 7) is 0.680. The third kappa shape index (κ3) is 2.26. The Morgan fingerprint density at radius 3 is 3.00 bits per heavy atom. The first kappa shape index (κ1) is 11.3. The Hall–Kier alpha value is -2.80. The van der Waals surface area contributed by atoms with Crippen LogP contribution in [0.4, 0.5) is 5.69 Å². The molecule has 3 rings (SSSR count). The van der Waals surface area contributed by atoms with Crippen molar-refractivity contribution in [3.8, 4) is 6.07 Å². The number of hydrogen-bond acceptors (Lipinski definition) is 3. The molecule has 1 heterocycles. The Balaban J connectivity index is 1.82. The predicted octanol–water partition coefficient (Wildman–Crippen LogP) is 3.05. The number of H-pyrrole nitrogens is 1. The second kappa shape index (κ2) is 4.83. The number of fused-ring (bicyclic) bond motifs is 1. The van der Waals surface area contributed by atoms with Gasteiger partial charge in [-0.1, -0.05) is 18.2 Å². The van der Waals surface area contributed by atoms with Crippen LogP contribution < -0.4 is 5.32 Å². The molecule has 0 unspecified atom stereocenters. The lowest BCUT2D eigenvalue weighted by Gasteiger charge is -2.07. The number of rotatable bonds is 3. The Bertz CT molecular complexity index is 752. The van der Waals surface area contributed by atoms with Crippen molar-refractivity contribution in [2.45, 2.75) is 6.54 Å². The quantitative estimate of drug-likeness (QED) is 0.748. The van der Waals surface area contributed by atoms with E-state index in [0.717, 1.165) is 22.2 Å². The average Bonchev–Trinajstić information content (AvgIpc) is 2.94. The van der Waals surface area contributed by atoms with Gasteiger partial charge in [0, 0.05) is 17.6 Å². The van der Waals surface area contributed by atoms with E-state index in [1.54, 1.807) is 6.07 Å². The molecule has 19 heavy (non-hydrogen) atoms. The van der Waals surface area contributed by atoms with E-state index in [9.17, 15) is 0 Å². The first-order valence-electron chi connectivity index (χ1n) is 6.02. The highest BCUT2D eigenvalue weighted by Crippen LogP contribution is 2.21. The molecule has 2 N–H and O–H groups in total. The van der Waals surface area contributed by atoms with Gasteiger partial charge in [-0.05, 0) is 29.8 Å². The van der Waals surface area contributed by atoms with Crippen LogP contribution in [0.2, 0.25) is 0 Å². The Labute approximate surface area is 110 Å². The molecule has 4 nitrogen and oxygen atoms in total. The summed E-state index contributed by atoms with van der Waals surface area (Å²) in [6.07, 6.45) is 1.81. The average molecular weight is 248 g/mol. The molecular formula is C15H12N4. The number of aromatic amines is 1. The number of benzene rings is 2. The van der Waals surface area contributed by atoms with Crippen LogP contribution in [-0.2, 0) is 6.54 Å². The minimum absolute atomic E-state index is 0.680. The summed E-state index contributed by atoms with van der Waals surface area (Å²) in [7, 11) is 0. The maximum Gasteiger partial charge on any atom is 0.0991 e. The summed E-state index contributed by atoms with van der Waals surface area (Å²) in [5.74, 6) is 0. The zero-order valence-corrected chi connectivity index (χ0v) is 10.2. The number of nitriles is 1. The molecule has 0 aliphatic rings. The molecule has 1 aromatic heterocycles. The van der Waals surface area contributed by atoms with Crippen LogP contribution in [0.5, 0.6) is 0 Å². The van der Waals surface area contributed by atoms with Crippen LogP contribution >= 0.6 is 0 Å². The van der Waals surface area contributed by atoms with Gasteiger partial charge >= 0.3 is 0 Å². The highest BCUT2D eigenvalue weighted by atomic mass is 15.1. The van der Waals surface area contributed by atoms with Crippen molar-refractivity contribution in [1.29, 1.82) is 5.26 Å². The molecular weight excluding hydrogens is 236 g/mol. The second-order valence-corrected chi connectivity index (χ2v) is 4.30. The van der Waals surface area contributed by atoms with Crippen molar-refractivity contribution in [3.63, 3.8) is 0 Å². The molecule has 0 amide bonds. The van der Waals surface area contributed by atoms with Crippen LogP contribution in [-0.4, -0.2) is 10.2 Å². The minimum Gasteiger partial charge on any atom is -0.380 e. The lowest BCUT2D eigenvalue weighted by molar-refractivity contribution is 1.12. The number of hydrogen-bond donors (Lipinski definition) is 2. The molecule has 0 bridgehead atoms. The van der Waals surface area contributed by atoms with Gasteiger partial charge in [-0.15, -0.1) is 0 Å². The zero-order chi connectivity index (χ0) is 13.1. The molecule has 0 fully saturated rings. The standard InChI is InChI=1S/C15H12N4/c16-8-11-3-1-4-12(7-11)9-17-14-5-2-6-15-13(14)10-18-19-15/h1-7,10,17H,9H2,(H,18,19). The Kier molecular flexibility index (Phi) is 2.87. The van der Waals surface area contributed by atoms with Gasteiger partial charge in [0.25, 0.3) is 0 Å². The van der Waals surface area contributed by atoms with E-state index in [1.807, 2.05) is 42.6 Å². The molecule has 4 heteroatoms. The van der Waals surface area contributed by atoms with E-state index >= 15 is 0 Å². The Morgan fingerprint density at radius 2 is 2.11 bits per heavy atom. The third-order valence-electron chi connectivity index (χ3n) is 3.02. The predicted molar refractivity (Wildman–Crippen MR) is 74.6 cm³/mol. The molecule has 0 saturated carbocycles. The van der Waals surface area contributed by atoms with Gasteiger partial charge in [-0.3, -0.25) is 5.10 Å². The summed E-state index contributed by atoms with van der Waals surface area (Å²) >= 11 is 0. The van der Waals surface area contributed by atoms with E-state index in [2.05, 4.69) is 21.6 Å². The van der Waals surface area contributed by atoms with Crippen molar-refractivity contribution >= 4 is 16.6 Å². The van der Waals surface area contributed by atoms with Crippen LogP contribution in [0.15, 0.2) is 48.7 Å². The maximum absolute atomic E-state index is 8.88. The van der Waals surface area contributed by atoms with Crippen LogP contribution in [0.3, 0.4) is 0 Å². The van der Waals surface area contributed by atoms with E-state index < -0.39 is 0 Å². The van der Waals surface area contributed by atoms with E-state index in [-0.39, 0.29) is 0 Å². The smallest absolute Gasteiger partial charge is 0.0991 e. The van der Waals surface area contributed by atoms with Crippen LogP contribution in [0.25, 0.3) is 10.9 Å². The second-order valence-electron chi connectivity index (χ2n) is 4.30. The lowest BCUT2D eigenvalue weighted by atomic mass is 10.1. The fraction of sp³-hybridized carbons (Fsp3) is 0.0667. The van der Waals surface area contributed by atoms with E-state index in [0.29, 0.717) is 12.1 Å². The first-order valence-corrected chi connectivity index (χ1v) is 6.02. The van der Waals surface area contributed by atoms with Gasteiger partial charge in [0.05, 0.1) is 23.3 Å². The molecule has 0 aliphatic heterocycles. The lowest BCUT2D eigenvalue weighted by Crippen LogP contribution is -1.99. The van der Waals surface area contributed by atoms with Crippen LogP contribution in [0, 0.1) is 11.3 Å². The van der Waals surface area contributed by atoms with E-state index in [1.165, 1.54) is 0 Å². The summed E-state index contributed by atoms with van der Waals surface area (Å²) in [4.78, 5) is 0. The summed E-state index contributed by atoms with van der Waals surface area (Å²) in [6, 6.07) is 15.7. The van der Waals surface area contributed by atoms with Crippen molar-refractivity contribution in [2.75, 3.05) is 5.32 Å². The van der Waals surface area contributed by atoms with Crippen molar-refractivity contribution < 1.29 is 0 Å². The Morgan fingerprint density at radius 1 is 1.21 bits per heavy atom. The number of nitrogens with zero attached hydrogens (tertiary/aromatic N) is 2. The summed E-state index contributed by atoms with van der Waals surface area (Å²) < 4.78 is 0. The molecule has 0 radical (unpaired) electrons. The monoisotopic (exact) mass is 248 g/mol. The summed E-state index contributed by atoms with van der Waals surface area (Å²) in [5, 5.41) is 20.3. The van der Waals surface area contributed by atoms with Crippen LogP contribution in [0.1, 0.15) is 11.1 Å². The largest absolute Gasteiger partial charge is 0.380 e. The topological polar surface area (TPSA) is 64.5 Å². The first-order chi connectivity index (χ1) is 9.36. The highest BCUT2D eigenvalue weighted by Gasteiger charge is 2.02. The van der Waals surface area contributed by atoms with Crippen molar-refractivity contribution in [3.05, 3.63) is 59.8 Å². The third-order valence-corrected chi connectivity index (χ3v) is 3.02. The number of anilines is 1. The van der Waals surface area contributed by atoms with Gasteiger partial charge in [-0.25, -0.2) is 0 Å². The molecule has 2 aromatic carbocycles. The summed E-state index contributed by atoms with van der Waals surface area (Å²) in [5.41, 5.74) is 3.81. The highest BCUT2D eigenvalue weighted by molar-refractivity contribution is 5.90. The number of aromatic nitrogens is 2. The fourth-order valence-electron chi connectivity index (χ4n) is 2.07. The fourth-order valence-corrected chi connectivity index (χ4v) is 2.07. The molecule has 0 aliphatic carbocycles. The number of nitrogens with one attached hydrogen (secondary N) is 2. The normalized spacial score (nSPS) is 10.3. The zero-order valence-electron chi connectivity index (χ0n) is 10.2. The van der Waals surface area contributed by atoms with Gasteiger partial charge < -0.3 is 5.32 Å². The molecule has 92 valence electrons. The molecule has 3 aromatic rings. The van der Waals surface area contributed by atoms with Crippen molar-refractivity contribution in [2.24, 2.45) is 0 Å². The minimum atomic E-state index is 0.680. The van der Waals surface area contributed by atoms with Gasteiger partial charge in [0.15, 0.2) is 0 Å². The van der Waals surface area contributed by atoms with Gasteiger partial charge in [-0.2, -0.15) is 10.4 Å². The molecule has 0 atom stereocenters.